The molecule has 0 N–H and O–H groups in total. The summed E-state index contributed by atoms with van der Waals surface area (Å²) in [4.78, 5) is 4.44. The van der Waals surface area contributed by atoms with Crippen LogP contribution in [0.4, 0.5) is 0 Å². The van der Waals surface area contributed by atoms with E-state index in [1.807, 2.05) is 18.3 Å². The number of unbranched alkanes of at least 4 members (excludes halogenated alkanes) is 3. The first kappa shape index (κ1) is 14.8. The van der Waals surface area contributed by atoms with Crippen molar-refractivity contribution in [1.29, 1.82) is 0 Å². The number of hydrogen-bond donors (Lipinski definition) is 0. The summed E-state index contributed by atoms with van der Waals surface area (Å²) >= 11 is 0. The Balaban J connectivity index is 2.02. The van der Waals surface area contributed by atoms with Crippen LogP contribution in [0.15, 0.2) is 48.7 Å². The molecule has 0 spiro atoms. The van der Waals surface area contributed by atoms with Crippen LogP contribution in [0.2, 0.25) is 0 Å². The molecule has 0 fully saturated rings. The molecule has 1 aromatic carbocycles. The zero-order valence-corrected chi connectivity index (χ0v) is 12.7. The number of hydrogen-bond acceptors (Lipinski definition) is 1. The molecule has 0 aliphatic heterocycles. The van der Waals surface area contributed by atoms with Gasteiger partial charge in [0.05, 0.1) is 5.69 Å². The van der Waals surface area contributed by atoms with Crippen LogP contribution in [0, 0.1) is 0 Å². The molecule has 20 heavy (non-hydrogen) atoms. The van der Waals surface area contributed by atoms with E-state index >= 15 is 0 Å². The van der Waals surface area contributed by atoms with Gasteiger partial charge < -0.3 is 0 Å². The van der Waals surface area contributed by atoms with Crippen LogP contribution in [0.25, 0.3) is 11.3 Å². The summed E-state index contributed by atoms with van der Waals surface area (Å²) in [5, 5.41) is 0. The highest BCUT2D eigenvalue weighted by Gasteiger charge is 2.07. The topological polar surface area (TPSA) is 12.9 Å². The van der Waals surface area contributed by atoms with E-state index in [1.165, 1.54) is 43.2 Å². The highest BCUT2D eigenvalue weighted by Crippen LogP contribution is 2.26. The van der Waals surface area contributed by atoms with Crippen LogP contribution in [0.5, 0.6) is 0 Å². The number of nitrogens with zero attached hydrogens (tertiary/aromatic N) is 1. The molecular formula is C19H25N. The number of pyridine rings is 1. The van der Waals surface area contributed by atoms with E-state index in [-0.39, 0.29) is 0 Å². The molecule has 1 heteroatoms. The maximum absolute atomic E-state index is 4.44. The lowest BCUT2D eigenvalue weighted by atomic mass is 9.93. The molecule has 0 bridgehead atoms. The van der Waals surface area contributed by atoms with Crippen LogP contribution in [-0.4, -0.2) is 4.98 Å². The molecule has 0 amide bonds. The van der Waals surface area contributed by atoms with Gasteiger partial charge in [-0.1, -0.05) is 63.8 Å². The normalized spacial score (nSPS) is 12.3. The van der Waals surface area contributed by atoms with Gasteiger partial charge in [0.25, 0.3) is 0 Å². The van der Waals surface area contributed by atoms with E-state index < -0.39 is 0 Å². The highest BCUT2D eigenvalue weighted by atomic mass is 14.7. The third-order valence-electron chi connectivity index (χ3n) is 3.91. The third-order valence-corrected chi connectivity index (χ3v) is 3.91. The number of aromatic nitrogens is 1. The van der Waals surface area contributed by atoms with Crippen molar-refractivity contribution in [2.24, 2.45) is 0 Å². The standard InChI is InChI=1S/C19H25N/c1-3-4-5-6-10-16(2)17-11-9-12-18(15-17)19-13-7-8-14-20-19/h7-9,11-16H,3-6,10H2,1-2H3. The fourth-order valence-corrected chi connectivity index (χ4v) is 2.58. The van der Waals surface area contributed by atoms with Gasteiger partial charge >= 0.3 is 0 Å². The van der Waals surface area contributed by atoms with Gasteiger partial charge in [-0.3, -0.25) is 4.98 Å². The van der Waals surface area contributed by atoms with Crippen LogP contribution in [-0.2, 0) is 0 Å². The van der Waals surface area contributed by atoms with Gasteiger partial charge in [-0.05, 0) is 36.1 Å². The van der Waals surface area contributed by atoms with Crippen molar-refractivity contribution >= 4 is 0 Å². The predicted molar refractivity (Wildman–Crippen MR) is 86.8 cm³/mol. The van der Waals surface area contributed by atoms with Gasteiger partial charge in [-0.2, -0.15) is 0 Å². The van der Waals surface area contributed by atoms with Gasteiger partial charge in [-0.15, -0.1) is 0 Å². The first-order valence-corrected chi connectivity index (χ1v) is 7.82. The van der Waals surface area contributed by atoms with Crippen molar-refractivity contribution < 1.29 is 0 Å². The molecule has 2 aromatic rings. The molecule has 0 aliphatic rings. The molecule has 106 valence electrons. The van der Waals surface area contributed by atoms with Gasteiger partial charge in [0.15, 0.2) is 0 Å². The fraction of sp³-hybridized carbons (Fsp3) is 0.421. The number of benzene rings is 1. The summed E-state index contributed by atoms with van der Waals surface area (Å²) in [7, 11) is 0. The van der Waals surface area contributed by atoms with Crippen LogP contribution >= 0.6 is 0 Å². The van der Waals surface area contributed by atoms with E-state index in [9.17, 15) is 0 Å². The molecule has 2 rings (SSSR count). The lowest BCUT2D eigenvalue weighted by Gasteiger charge is -2.13. The van der Waals surface area contributed by atoms with Gasteiger partial charge in [0.2, 0.25) is 0 Å². The zero-order valence-electron chi connectivity index (χ0n) is 12.7. The van der Waals surface area contributed by atoms with Crippen molar-refractivity contribution in [3.8, 4) is 11.3 Å². The number of rotatable bonds is 7. The predicted octanol–water partition coefficient (Wildman–Crippen LogP) is 5.82. The third kappa shape index (κ3) is 4.19. The highest BCUT2D eigenvalue weighted by molar-refractivity contribution is 5.59. The molecule has 1 atom stereocenters. The minimum Gasteiger partial charge on any atom is -0.256 e. The Kier molecular flexibility index (Phi) is 5.79. The van der Waals surface area contributed by atoms with Crippen LogP contribution < -0.4 is 0 Å². The Hall–Kier alpha value is -1.63. The summed E-state index contributed by atoms with van der Waals surface area (Å²) in [5.74, 6) is 0.635. The molecule has 0 saturated carbocycles. The second-order valence-electron chi connectivity index (χ2n) is 5.59. The molecule has 1 heterocycles. The maximum Gasteiger partial charge on any atom is 0.0702 e. The average Bonchev–Trinajstić information content (AvgIpc) is 2.52. The lowest BCUT2D eigenvalue weighted by molar-refractivity contribution is 0.580. The Morgan fingerprint density at radius 3 is 2.65 bits per heavy atom. The maximum atomic E-state index is 4.44. The van der Waals surface area contributed by atoms with E-state index in [1.54, 1.807) is 0 Å². The fourth-order valence-electron chi connectivity index (χ4n) is 2.58. The molecule has 1 unspecified atom stereocenters. The zero-order chi connectivity index (χ0) is 14.2. The van der Waals surface area contributed by atoms with Crippen molar-refractivity contribution in [2.75, 3.05) is 0 Å². The molecule has 0 radical (unpaired) electrons. The van der Waals surface area contributed by atoms with E-state index in [2.05, 4.69) is 49.2 Å². The molecule has 1 aromatic heterocycles. The molecule has 0 saturated heterocycles. The smallest absolute Gasteiger partial charge is 0.0702 e. The van der Waals surface area contributed by atoms with Crippen molar-refractivity contribution in [3.05, 3.63) is 54.2 Å². The van der Waals surface area contributed by atoms with E-state index in [4.69, 9.17) is 0 Å². The minimum absolute atomic E-state index is 0.635. The largest absolute Gasteiger partial charge is 0.256 e. The lowest BCUT2D eigenvalue weighted by Crippen LogP contribution is -1.94. The first-order chi connectivity index (χ1) is 9.81. The second-order valence-corrected chi connectivity index (χ2v) is 5.59. The minimum atomic E-state index is 0.635. The van der Waals surface area contributed by atoms with E-state index in [0.717, 1.165) is 5.69 Å². The van der Waals surface area contributed by atoms with Crippen molar-refractivity contribution in [3.63, 3.8) is 0 Å². The summed E-state index contributed by atoms with van der Waals surface area (Å²) < 4.78 is 0. The first-order valence-electron chi connectivity index (χ1n) is 7.82. The van der Waals surface area contributed by atoms with Crippen LogP contribution in [0.3, 0.4) is 0 Å². The van der Waals surface area contributed by atoms with E-state index in [0.29, 0.717) is 5.92 Å². The Bertz CT molecular complexity index is 504. The van der Waals surface area contributed by atoms with Crippen molar-refractivity contribution in [2.45, 2.75) is 51.9 Å². The molecule has 0 aliphatic carbocycles. The molecular weight excluding hydrogens is 242 g/mol. The van der Waals surface area contributed by atoms with Crippen molar-refractivity contribution in [1.82, 2.24) is 4.98 Å². The van der Waals surface area contributed by atoms with Gasteiger partial charge in [-0.25, -0.2) is 0 Å². The van der Waals surface area contributed by atoms with Gasteiger partial charge in [0.1, 0.15) is 0 Å². The summed E-state index contributed by atoms with van der Waals surface area (Å²) in [6.07, 6.45) is 8.51. The summed E-state index contributed by atoms with van der Waals surface area (Å²) in [5.41, 5.74) is 3.72. The molecule has 1 nitrogen and oxygen atoms in total. The average molecular weight is 267 g/mol. The van der Waals surface area contributed by atoms with Gasteiger partial charge in [0, 0.05) is 11.8 Å². The summed E-state index contributed by atoms with van der Waals surface area (Å²) in [6, 6.07) is 14.9. The SMILES string of the molecule is CCCCCCC(C)c1cccc(-c2ccccn2)c1. The quantitative estimate of drug-likeness (QED) is 0.576. The monoisotopic (exact) mass is 267 g/mol. The summed E-state index contributed by atoms with van der Waals surface area (Å²) in [6.45, 7) is 4.60. The second kappa shape index (κ2) is 7.84. The van der Waals surface area contributed by atoms with Crippen LogP contribution in [0.1, 0.15) is 57.4 Å². The Labute approximate surface area is 123 Å². The Morgan fingerprint density at radius 2 is 1.90 bits per heavy atom. The Morgan fingerprint density at radius 1 is 1.00 bits per heavy atom.